The number of methoxy groups -OCH3 is 1. The third-order valence-corrected chi connectivity index (χ3v) is 5.54. The fourth-order valence-corrected chi connectivity index (χ4v) is 3.84. The van der Waals surface area contributed by atoms with Gasteiger partial charge >= 0.3 is 0 Å². The second-order valence-corrected chi connectivity index (χ2v) is 7.59. The van der Waals surface area contributed by atoms with Gasteiger partial charge in [0.25, 0.3) is 12.3 Å². The lowest BCUT2D eigenvalue weighted by Gasteiger charge is -2.32. The van der Waals surface area contributed by atoms with Crippen LogP contribution < -0.4 is 15.4 Å². The molecule has 162 valence electrons. The van der Waals surface area contributed by atoms with Crippen LogP contribution in [0.25, 0.3) is 0 Å². The number of hydrogen-bond donors (Lipinski definition) is 2. The molecule has 1 aliphatic rings. The van der Waals surface area contributed by atoms with Crippen molar-refractivity contribution in [3.63, 3.8) is 0 Å². The van der Waals surface area contributed by atoms with E-state index < -0.39 is 18.4 Å². The van der Waals surface area contributed by atoms with Crippen LogP contribution >= 0.6 is 0 Å². The van der Waals surface area contributed by atoms with Gasteiger partial charge in [-0.15, -0.1) is 0 Å². The van der Waals surface area contributed by atoms with Crippen LogP contribution in [0.15, 0.2) is 54.7 Å². The number of alkyl halides is 2. The largest absolute Gasteiger partial charge is 0.496 e. The lowest BCUT2D eigenvalue weighted by Crippen LogP contribution is -2.32. The molecule has 0 unspecified atom stereocenters. The Hall–Kier alpha value is -3.42. The Morgan fingerprint density at radius 3 is 2.71 bits per heavy atom. The van der Waals surface area contributed by atoms with Crippen molar-refractivity contribution in [2.75, 3.05) is 12.4 Å². The number of nitrogens with zero attached hydrogens (tertiary/aromatic N) is 2. The molecule has 1 amide bonds. The lowest BCUT2D eigenvalue weighted by atomic mass is 9.96. The van der Waals surface area contributed by atoms with Crippen LogP contribution in [-0.2, 0) is 6.54 Å². The standard InChI is InChI=1S/C23H24F2N4O2/c1-14-7-9-15(10-8-14)18-11-19(21(24)25)29-22(28-18)17(13-27-29)23(30)26-12-16-5-3-4-6-20(16)31-2/h3-10,13,18-19,21,28H,11-12H2,1-2H3,(H,26,30)/t18-,19-/m0/s1. The number of anilines is 1. The average Bonchev–Trinajstić information content (AvgIpc) is 3.21. The third kappa shape index (κ3) is 4.23. The molecule has 0 bridgehead atoms. The molecule has 3 aromatic rings. The summed E-state index contributed by atoms with van der Waals surface area (Å²) in [5.41, 5.74) is 3.03. The van der Waals surface area contributed by atoms with Crippen molar-refractivity contribution >= 4 is 11.7 Å². The highest BCUT2D eigenvalue weighted by Gasteiger charge is 2.36. The minimum Gasteiger partial charge on any atom is -0.496 e. The van der Waals surface area contributed by atoms with Gasteiger partial charge in [-0.3, -0.25) is 4.79 Å². The molecule has 1 aliphatic heterocycles. The zero-order valence-electron chi connectivity index (χ0n) is 17.3. The first-order chi connectivity index (χ1) is 15.0. The van der Waals surface area contributed by atoms with E-state index in [4.69, 9.17) is 4.74 Å². The first-order valence-corrected chi connectivity index (χ1v) is 10.1. The molecule has 6 nitrogen and oxygen atoms in total. The highest BCUT2D eigenvalue weighted by molar-refractivity contribution is 5.98. The molecule has 4 rings (SSSR count). The second-order valence-electron chi connectivity index (χ2n) is 7.59. The Morgan fingerprint density at radius 1 is 1.26 bits per heavy atom. The van der Waals surface area contributed by atoms with E-state index in [2.05, 4.69) is 15.7 Å². The monoisotopic (exact) mass is 426 g/mol. The topological polar surface area (TPSA) is 68.2 Å². The van der Waals surface area contributed by atoms with Gasteiger partial charge in [0.1, 0.15) is 23.2 Å². The minimum absolute atomic E-state index is 0.178. The zero-order valence-corrected chi connectivity index (χ0v) is 17.3. The van der Waals surface area contributed by atoms with Gasteiger partial charge in [0.05, 0.1) is 19.3 Å². The fraction of sp³-hybridized carbons (Fsp3) is 0.304. The molecule has 0 saturated carbocycles. The first-order valence-electron chi connectivity index (χ1n) is 10.1. The Labute approximate surface area is 179 Å². The van der Waals surface area contributed by atoms with Gasteiger partial charge in [-0.1, -0.05) is 48.0 Å². The molecular formula is C23H24F2N4O2. The molecule has 8 heteroatoms. The van der Waals surface area contributed by atoms with Crippen molar-refractivity contribution in [1.82, 2.24) is 15.1 Å². The average molecular weight is 426 g/mol. The van der Waals surface area contributed by atoms with E-state index in [0.29, 0.717) is 11.6 Å². The number of nitrogens with one attached hydrogen (secondary N) is 2. The van der Waals surface area contributed by atoms with Crippen LogP contribution in [0.2, 0.25) is 0 Å². The van der Waals surface area contributed by atoms with E-state index in [9.17, 15) is 13.6 Å². The van der Waals surface area contributed by atoms with Crippen LogP contribution in [0, 0.1) is 6.92 Å². The first kappa shape index (κ1) is 20.8. The maximum absolute atomic E-state index is 13.8. The molecule has 0 fully saturated rings. The van der Waals surface area contributed by atoms with Crippen molar-refractivity contribution in [2.24, 2.45) is 0 Å². The minimum atomic E-state index is -2.60. The number of aryl methyl sites for hydroxylation is 1. The second kappa shape index (κ2) is 8.75. The number of aromatic nitrogens is 2. The predicted octanol–water partition coefficient (Wildman–Crippen LogP) is 4.49. The Bertz CT molecular complexity index is 1070. The summed E-state index contributed by atoms with van der Waals surface area (Å²) in [4.78, 5) is 12.9. The molecule has 0 aliphatic carbocycles. The zero-order chi connectivity index (χ0) is 22.0. The number of carbonyl (C=O) groups excluding carboxylic acids is 1. The highest BCUT2D eigenvalue weighted by atomic mass is 19.3. The van der Waals surface area contributed by atoms with Crippen molar-refractivity contribution in [1.29, 1.82) is 0 Å². The quantitative estimate of drug-likeness (QED) is 0.609. The van der Waals surface area contributed by atoms with Crippen molar-refractivity contribution in [3.8, 4) is 5.75 Å². The maximum atomic E-state index is 13.8. The van der Waals surface area contributed by atoms with Gasteiger partial charge in [-0.2, -0.15) is 5.10 Å². The number of fused-ring (bicyclic) bond motifs is 1. The van der Waals surface area contributed by atoms with Crippen molar-refractivity contribution in [2.45, 2.75) is 38.4 Å². The fourth-order valence-electron chi connectivity index (χ4n) is 3.84. The number of benzene rings is 2. The number of hydrogen-bond acceptors (Lipinski definition) is 4. The number of halogens is 2. The molecule has 31 heavy (non-hydrogen) atoms. The normalized spacial score (nSPS) is 17.7. The summed E-state index contributed by atoms with van der Waals surface area (Å²) in [6.07, 6.45) is -1.08. The lowest BCUT2D eigenvalue weighted by molar-refractivity contribution is 0.0656. The van der Waals surface area contributed by atoms with Gasteiger partial charge in [0.15, 0.2) is 0 Å². The van der Waals surface area contributed by atoms with Gasteiger partial charge in [-0.25, -0.2) is 13.5 Å². The smallest absolute Gasteiger partial charge is 0.260 e. The number of para-hydroxylation sites is 1. The van der Waals surface area contributed by atoms with Crippen LogP contribution in [-0.4, -0.2) is 29.2 Å². The molecule has 2 aromatic carbocycles. The summed E-state index contributed by atoms with van der Waals surface area (Å²) in [6, 6.07) is 13.6. The number of ether oxygens (including phenoxy) is 1. The van der Waals surface area contributed by atoms with E-state index in [1.54, 1.807) is 7.11 Å². The Morgan fingerprint density at radius 2 is 2.00 bits per heavy atom. The highest BCUT2D eigenvalue weighted by Crippen LogP contribution is 2.39. The van der Waals surface area contributed by atoms with E-state index in [0.717, 1.165) is 16.7 Å². The number of carbonyl (C=O) groups is 1. The molecule has 2 heterocycles. The summed E-state index contributed by atoms with van der Waals surface area (Å²) in [6.45, 7) is 2.21. The summed E-state index contributed by atoms with van der Waals surface area (Å²) in [5.74, 6) is 0.576. The van der Waals surface area contributed by atoms with E-state index in [1.807, 2.05) is 55.5 Å². The SMILES string of the molecule is COc1ccccc1CNC(=O)c1cnn2c1N[C@H](c1ccc(C)cc1)C[C@H]2C(F)F. The van der Waals surface area contributed by atoms with Crippen LogP contribution in [0.1, 0.15) is 45.6 Å². The van der Waals surface area contributed by atoms with E-state index in [-0.39, 0.29) is 24.6 Å². The molecule has 2 atom stereocenters. The van der Waals surface area contributed by atoms with Crippen LogP contribution in [0.3, 0.4) is 0 Å². The van der Waals surface area contributed by atoms with E-state index >= 15 is 0 Å². The summed E-state index contributed by atoms with van der Waals surface area (Å²) >= 11 is 0. The van der Waals surface area contributed by atoms with Gasteiger partial charge in [-0.05, 0) is 25.0 Å². The maximum Gasteiger partial charge on any atom is 0.260 e. The van der Waals surface area contributed by atoms with Gasteiger partial charge in [0.2, 0.25) is 0 Å². The predicted molar refractivity (Wildman–Crippen MR) is 114 cm³/mol. The third-order valence-electron chi connectivity index (χ3n) is 5.54. The molecular weight excluding hydrogens is 402 g/mol. The van der Waals surface area contributed by atoms with Gasteiger partial charge < -0.3 is 15.4 Å². The molecule has 0 saturated heterocycles. The molecule has 0 radical (unpaired) electrons. The Balaban J connectivity index is 1.58. The van der Waals surface area contributed by atoms with Crippen molar-refractivity contribution in [3.05, 3.63) is 77.0 Å². The van der Waals surface area contributed by atoms with Crippen LogP contribution in [0.5, 0.6) is 5.75 Å². The van der Waals surface area contributed by atoms with Gasteiger partial charge in [0, 0.05) is 12.1 Å². The van der Waals surface area contributed by atoms with Crippen molar-refractivity contribution < 1.29 is 18.3 Å². The molecule has 2 N–H and O–H groups in total. The Kier molecular flexibility index (Phi) is 5.88. The summed E-state index contributed by atoms with van der Waals surface area (Å²) < 4.78 is 34.2. The summed E-state index contributed by atoms with van der Waals surface area (Å²) in [7, 11) is 1.56. The molecule has 1 aromatic heterocycles. The summed E-state index contributed by atoms with van der Waals surface area (Å²) in [5, 5.41) is 10.2. The molecule has 0 spiro atoms. The number of amides is 1. The van der Waals surface area contributed by atoms with E-state index in [1.165, 1.54) is 10.9 Å². The number of rotatable bonds is 6. The van der Waals surface area contributed by atoms with Crippen LogP contribution in [0.4, 0.5) is 14.6 Å².